The second-order valence-electron chi connectivity index (χ2n) is 1.42. The van der Waals surface area contributed by atoms with Gasteiger partial charge >= 0.3 is 6.47 Å². The zero-order chi connectivity index (χ0) is 6.41. The highest BCUT2D eigenvalue weighted by atomic mass is 16.5. The Morgan fingerprint density at radius 2 is 2.50 bits per heavy atom. The van der Waals surface area contributed by atoms with Crippen molar-refractivity contribution in [2.75, 3.05) is 0 Å². The minimum Gasteiger partial charge on any atom is -0.453 e. The standard InChI is InChI=1S/C6H7O2/c1-3-4-6(2)8-5-7/h1,6H,4H2,2H3. The van der Waals surface area contributed by atoms with E-state index < -0.39 is 0 Å². The molecule has 0 amide bonds. The number of ether oxygens (including phenoxy) is 1. The minimum atomic E-state index is -0.197. The zero-order valence-corrected chi connectivity index (χ0v) is 4.68. The van der Waals surface area contributed by atoms with Gasteiger partial charge in [-0.1, -0.05) is 0 Å². The third-order valence-electron chi connectivity index (χ3n) is 0.655. The Morgan fingerprint density at radius 3 is 2.88 bits per heavy atom. The van der Waals surface area contributed by atoms with E-state index in [-0.39, 0.29) is 6.10 Å². The van der Waals surface area contributed by atoms with E-state index in [9.17, 15) is 4.79 Å². The molecular formula is C6H7O2. The molecule has 0 spiro atoms. The molecule has 0 aliphatic heterocycles. The van der Waals surface area contributed by atoms with Crippen LogP contribution in [0.3, 0.4) is 0 Å². The van der Waals surface area contributed by atoms with E-state index in [2.05, 4.69) is 10.7 Å². The molecule has 0 bridgehead atoms. The molecule has 0 aromatic rings. The van der Waals surface area contributed by atoms with E-state index >= 15 is 0 Å². The van der Waals surface area contributed by atoms with Crippen LogP contribution >= 0.6 is 0 Å². The van der Waals surface area contributed by atoms with Crippen molar-refractivity contribution in [2.45, 2.75) is 19.4 Å². The van der Waals surface area contributed by atoms with Gasteiger partial charge in [0, 0.05) is 6.42 Å². The van der Waals surface area contributed by atoms with Crippen molar-refractivity contribution in [2.24, 2.45) is 0 Å². The van der Waals surface area contributed by atoms with E-state index in [1.807, 2.05) is 0 Å². The second kappa shape index (κ2) is 4.20. The average molecular weight is 111 g/mol. The number of hydrogen-bond acceptors (Lipinski definition) is 2. The van der Waals surface area contributed by atoms with Crippen molar-refractivity contribution in [1.29, 1.82) is 0 Å². The van der Waals surface area contributed by atoms with Crippen LogP contribution in [0.4, 0.5) is 0 Å². The van der Waals surface area contributed by atoms with Crippen LogP contribution in [0, 0.1) is 12.3 Å². The lowest BCUT2D eigenvalue weighted by molar-refractivity contribution is 0.199. The quantitative estimate of drug-likeness (QED) is 0.495. The molecule has 1 radical (unpaired) electrons. The Morgan fingerprint density at radius 1 is 1.88 bits per heavy atom. The summed E-state index contributed by atoms with van der Waals surface area (Å²) in [6, 6.07) is 0. The van der Waals surface area contributed by atoms with Gasteiger partial charge in [-0.25, -0.2) is 4.79 Å². The van der Waals surface area contributed by atoms with Crippen molar-refractivity contribution in [1.82, 2.24) is 0 Å². The molecular weight excluding hydrogens is 104 g/mol. The zero-order valence-electron chi connectivity index (χ0n) is 4.68. The molecule has 0 aliphatic carbocycles. The topological polar surface area (TPSA) is 26.3 Å². The van der Waals surface area contributed by atoms with Crippen molar-refractivity contribution in [3.05, 3.63) is 0 Å². The summed E-state index contributed by atoms with van der Waals surface area (Å²) < 4.78 is 4.33. The van der Waals surface area contributed by atoms with Gasteiger partial charge in [0.05, 0.1) is 0 Å². The minimum absolute atomic E-state index is 0.197. The molecule has 1 atom stereocenters. The van der Waals surface area contributed by atoms with Gasteiger partial charge < -0.3 is 4.74 Å². The van der Waals surface area contributed by atoms with Gasteiger partial charge in [0.25, 0.3) is 0 Å². The molecule has 0 aromatic carbocycles. The molecule has 43 valence electrons. The van der Waals surface area contributed by atoms with Crippen LogP contribution in [-0.4, -0.2) is 12.6 Å². The normalized spacial score (nSPS) is 11.5. The fraction of sp³-hybridized carbons (Fsp3) is 0.500. The van der Waals surface area contributed by atoms with E-state index in [0.29, 0.717) is 6.42 Å². The Balaban J connectivity index is 3.20. The highest BCUT2D eigenvalue weighted by molar-refractivity contribution is 5.38. The van der Waals surface area contributed by atoms with E-state index in [1.165, 1.54) is 6.47 Å². The first-order valence-corrected chi connectivity index (χ1v) is 2.27. The van der Waals surface area contributed by atoms with Crippen molar-refractivity contribution in [3.63, 3.8) is 0 Å². The molecule has 0 N–H and O–H groups in total. The van der Waals surface area contributed by atoms with Gasteiger partial charge in [-0.05, 0) is 6.92 Å². The summed E-state index contributed by atoms with van der Waals surface area (Å²) in [5, 5.41) is 0. The molecule has 0 heterocycles. The number of rotatable bonds is 3. The van der Waals surface area contributed by atoms with E-state index in [0.717, 1.165) is 0 Å². The van der Waals surface area contributed by atoms with Crippen LogP contribution in [0.2, 0.25) is 0 Å². The van der Waals surface area contributed by atoms with Crippen molar-refractivity contribution < 1.29 is 9.53 Å². The molecule has 0 saturated heterocycles. The summed E-state index contributed by atoms with van der Waals surface area (Å²) in [5.41, 5.74) is 0. The average Bonchev–Trinajstić information content (AvgIpc) is 1.68. The predicted octanol–water partition coefficient (Wildman–Crippen LogP) is 0.482. The smallest absolute Gasteiger partial charge is 0.417 e. The summed E-state index contributed by atoms with van der Waals surface area (Å²) in [7, 11) is 0. The summed E-state index contributed by atoms with van der Waals surface area (Å²) in [6.45, 7) is 3.02. The fourth-order valence-corrected chi connectivity index (χ4v) is 0.290. The Kier molecular flexibility index (Phi) is 3.69. The maximum Gasteiger partial charge on any atom is 0.417 e. The first-order chi connectivity index (χ1) is 3.81. The summed E-state index contributed by atoms with van der Waals surface area (Å²) in [4.78, 5) is 9.47. The van der Waals surface area contributed by atoms with Crippen molar-refractivity contribution >= 4 is 6.47 Å². The maximum absolute atomic E-state index is 9.47. The lowest BCUT2D eigenvalue weighted by Gasteiger charge is -2.00. The monoisotopic (exact) mass is 111 g/mol. The largest absolute Gasteiger partial charge is 0.453 e. The summed E-state index contributed by atoms with van der Waals surface area (Å²) >= 11 is 0. The van der Waals surface area contributed by atoms with Crippen LogP contribution in [0.1, 0.15) is 13.3 Å². The van der Waals surface area contributed by atoms with Gasteiger partial charge in [-0.3, -0.25) is 0 Å². The Bertz CT molecular complexity index is 102. The molecule has 1 unspecified atom stereocenters. The Hall–Kier alpha value is -0.970. The lowest BCUT2D eigenvalue weighted by atomic mass is 10.3. The second-order valence-corrected chi connectivity index (χ2v) is 1.42. The SMILES string of the molecule is C#CCC(C)O[C]=O. The van der Waals surface area contributed by atoms with Gasteiger partial charge in [-0.2, -0.15) is 0 Å². The van der Waals surface area contributed by atoms with Gasteiger partial charge in [0.2, 0.25) is 0 Å². The maximum atomic E-state index is 9.47. The highest BCUT2D eigenvalue weighted by Crippen LogP contribution is 1.90. The van der Waals surface area contributed by atoms with Crippen molar-refractivity contribution in [3.8, 4) is 12.3 Å². The molecule has 0 saturated carbocycles. The van der Waals surface area contributed by atoms with Crippen LogP contribution in [0.5, 0.6) is 0 Å². The third-order valence-corrected chi connectivity index (χ3v) is 0.655. The van der Waals surface area contributed by atoms with E-state index in [1.54, 1.807) is 6.92 Å². The van der Waals surface area contributed by atoms with Crippen LogP contribution in [0.15, 0.2) is 0 Å². The van der Waals surface area contributed by atoms with Gasteiger partial charge in [0.15, 0.2) is 0 Å². The molecule has 8 heavy (non-hydrogen) atoms. The number of hydrogen-bond donors (Lipinski definition) is 0. The van der Waals surface area contributed by atoms with Crippen LogP contribution in [0.25, 0.3) is 0 Å². The fourth-order valence-electron chi connectivity index (χ4n) is 0.290. The number of carbonyl (C=O) groups excluding carboxylic acids is 1. The van der Waals surface area contributed by atoms with E-state index in [4.69, 9.17) is 6.42 Å². The van der Waals surface area contributed by atoms with Crippen LogP contribution < -0.4 is 0 Å². The molecule has 0 aromatic heterocycles. The first-order valence-electron chi connectivity index (χ1n) is 2.27. The molecule has 0 fully saturated rings. The summed E-state index contributed by atoms with van der Waals surface area (Å²) in [5.74, 6) is 2.35. The lowest BCUT2D eigenvalue weighted by Crippen LogP contribution is -2.04. The molecule has 2 heteroatoms. The Labute approximate surface area is 48.8 Å². The third kappa shape index (κ3) is 3.23. The number of terminal acetylenes is 1. The molecule has 0 rings (SSSR count). The van der Waals surface area contributed by atoms with Gasteiger partial charge in [0.1, 0.15) is 6.10 Å². The highest BCUT2D eigenvalue weighted by Gasteiger charge is 1.95. The summed E-state index contributed by atoms with van der Waals surface area (Å²) in [6.07, 6.45) is 5.16. The first kappa shape index (κ1) is 7.03. The molecule has 2 nitrogen and oxygen atoms in total. The van der Waals surface area contributed by atoms with Gasteiger partial charge in [-0.15, -0.1) is 12.3 Å². The molecule has 0 aliphatic rings. The predicted molar refractivity (Wildman–Crippen MR) is 29.7 cm³/mol. The van der Waals surface area contributed by atoms with Crippen LogP contribution in [-0.2, 0) is 9.53 Å².